The fourth-order valence-electron chi connectivity index (χ4n) is 3.01. The van der Waals surface area contributed by atoms with E-state index in [0.717, 1.165) is 30.9 Å². The SMILES string of the molecule is NC[C@@H]1CCCN1C(=O)CCc1nncn1-c1ccccc1. The van der Waals surface area contributed by atoms with Crippen molar-refractivity contribution in [2.45, 2.75) is 31.7 Å². The fourth-order valence-corrected chi connectivity index (χ4v) is 3.01. The van der Waals surface area contributed by atoms with Crippen LogP contribution in [0.25, 0.3) is 5.69 Å². The molecule has 2 aromatic rings. The van der Waals surface area contributed by atoms with Crippen LogP contribution in [0.1, 0.15) is 25.1 Å². The van der Waals surface area contributed by atoms with Crippen molar-refractivity contribution in [1.29, 1.82) is 0 Å². The Morgan fingerprint density at radius 2 is 2.14 bits per heavy atom. The van der Waals surface area contributed by atoms with Gasteiger partial charge < -0.3 is 10.6 Å². The Morgan fingerprint density at radius 3 is 2.91 bits per heavy atom. The molecule has 1 aliphatic heterocycles. The summed E-state index contributed by atoms with van der Waals surface area (Å²) in [5.74, 6) is 0.971. The van der Waals surface area contributed by atoms with Crippen molar-refractivity contribution in [1.82, 2.24) is 19.7 Å². The highest BCUT2D eigenvalue weighted by Gasteiger charge is 2.27. The first-order valence-electron chi connectivity index (χ1n) is 7.73. The molecular formula is C16H21N5O. The Labute approximate surface area is 129 Å². The molecule has 6 heteroatoms. The number of nitrogens with zero attached hydrogens (tertiary/aromatic N) is 4. The lowest BCUT2D eigenvalue weighted by Crippen LogP contribution is -2.40. The van der Waals surface area contributed by atoms with Gasteiger partial charge in [-0.15, -0.1) is 10.2 Å². The van der Waals surface area contributed by atoms with E-state index in [9.17, 15) is 4.79 Å². The first-order valence-corrected chi connectivity index (χ1v) is 7.73. The Hall–Kier alpha value is -2.21. The van der Waals surface area contributed by atoms with Gasteiger partial charge in [0.15, 0.2) is 0 Å². The van der Waals surface area contributed by atoms with E-state index < -0.39 is 0 Å². The number of para-hydroxylation sites is 1. The fraction of sp³-hybridized carbons (Fsp3) is 0.438. The van der Waals surface area contributed by atoms with E-state index in [1.807, 2.05) is 39.8 Å². The molecule has 2 heterocycles. The Bertz CT molecular complexity index is 624. The van der Waals surface area contributed by atoms with Crippen LogP contribution in [0.15, 0.2) is 36.7 Å². The van der Waals surface area contributed by atoms with Crippen LogP contribution in [0.4, 0.5) is 0 Å². The molecule has 0 aliphatic carbocycles. The van der Waals surface area contributed by atoms with Gasteiger partial charge >= 0.3 is 0 Å². The summed E-state index contributed by atoms with van der Waals surface area (Å²) in [5.41, 5.74) is 6.74. The summed E-state index contributed by atoms with van der Waals surface area (Å²) in [6.07, 6.45) is 4.79. The second-order valence-electron chi connectivity index (χ2n) is 5.57. The van der Waals surface area contributed by atoms with E-state index in [1.54, 1.807) is 6.33 Å². The number of carbonyl (C=O) groups is 1. The van der Waals surface area contributed by atoms with Crippen molar-refractivity contribution < 1.29 is 4.79 Å². The zero-order chi connectivity index (χ0) is 15.4. The van der Waals surface area contributed by atoms with Gasteiger partial charge in [-0.1, -0.05) is 18.2 Å². The third kappa shape index (κ3) is 3.01. The zero-order valence-corrected chi connectivity index (χ0v) is 12.6. The molecule has 1 saturated heterocycles. The Balaban J connectivity index is 1.65. The quantitative estimate of drug-likeness (QED) is 0.898. The molecule has 1 amide bonds. The van der Waals surface area contributed by atoms with E-state index in [2.05, 4.69) is 10.2 Å². The van der Waals surface area contributed by atoms with E-state index in [1.165, 1.54) is 0 Å². The third-order valence-electron chi connectivity index (χ3n) is 4.18. The van der Waals surface area contributed by atoms with Gasteiger partial charge in [-0.3, -0.25) is 9.36 Å². The molecule has 0 radical (unpaired) electrons. The van der Waals surface area contributed by atoms with Gasteiger partial charge in [0, 0.05) is 37.7 Å². The smallest absolute Gasteiger partial charge is 0.223 e. The van der Waals surface area contributed by atoms with Crippen molar-refractivity contribution in [3.05, 3.63) is 42.5 Å². The lowest BCUT2D eigenvalue weighted by atomic mass is 10.2. The molecule has 2 N–H and O–H groups in total. The lowest BCUT2D eigenvalue weighted by Gasteiger charge is -2.23. The monoisotopic (exact) mass is 299 g/mol. The molecule has 116 valence electrons. The molecule has 1 fully saturated rings. The number of likely N-dealkylation sites (tertiary alicyclic amines) is 1. The molecule has 0 unspecified atom stereocenters. The van der Waals surface area contributed by atoms with Crippen LogP contribution in [0.3, 0.4) is 0 Å². The number of hydrogen-bond donors (Lipinski definition) is 1. The summed E-state index contributed by atoms with van der Waals surface area (Å²) >= 11 is 0. The molecule has 1 atom stereocenters. The van der Waals surface area contributed by atoms with Gasteiger partial charge in [-0.25, -0.2) is 0 Å². The topological polar surface area (TPSA) is 77.0 Å². The summed E-state index contributed by atoms with van der Waals surface area (Å²) in [4.78, 5) is 14.3. The van der Waals surface area contributed by atoms with Crippen molar-refractivity contribution >= 4 is 5.91 Å². The van der Waals surface area contributed by atoms with Crippen LogP contribution < -0.4 is 5.73 Å². The first kappa shape index (κ1) is 14.7. The maximum atomic E-state index is 12.4. The standard InChI is InChI=1S/C16H21N5O/c17-11-14-7-4-10-20(14)16(22)9-8-15-19-18-12-21(15)13-5-2-1-3-6-13/h1-3,5-6,12,14H,4,7-11,17H2/t14-/m0/s1. The summed E-state index contributed by atoms with van der Waals surface area (Å²) < 4.78 is 1.93. The molecule has 6 nitrogen and oxygen atoms in total. The Morgan fingerprint density at radius 1 is 1.32 bits per heavy atom. The number of aryl methyl sites for hydroxylation is 1. The summed E-state index contributed by atoms with van der Waals surface area (Å²) in [5, 5.41) is 8.12. The average Bonchev–Trinajstić information content (AvgIpc) is 3.22. The normalized spacial score (nSPS) is 17.9. The van der Waals surface area contributed by atoms with Crippen molar-refractivity contribution in [3.63, 3.8) is 0 Å². The number of rotatable bonds is 5. The summed E-state index contributed by atoms with van der Waals surface area (Å²) in [6, 6.07) is 10.1. The molecule has 1 aliphatic rings. The van der Waals surface area contributed by atoms with E-state index in [0.29, 0.717) is 19.4 Å². The van der Waals surface area contributed by atoms with Gasteiger partial charge in [0.2, 0.25) is 5.91 Å². The lowest BCUT2D eigenvalue weighted by molar-refractivity contribution is -0.131. The van der Waals surface area contributed by atoms with E-state index in [4.69, 9.17) is 5.73 Å². The van der Waals surface area contributed by atoms with Gasteiger partial charge in [-0.05, 0) is 25.0 Å². The maximum Gasteiger partial charge on any atom is 0.223 e. The van der Waals surface area contributed by atoms with Crippen LogP contribution in [0, 0.1) is 0 Å². The number of nitrogens with two attached hydrogens (primary N) is 1. The summed E-state index contributed by atoms with van der Waals surface area (Å²) in [6.45, 7) is 1.37. The second-order valence-corrected chi connectivity index (χ2v) is 5.57. The molecule has 3 rings (SSSR count). The number of hydrogen-bond acceptors (Lipinski definition) is 4. The van der Waals surface area contributed by atoms with Crippen molar-refractivity contribution in [2.24, 2.45) is 5.73 Å². The molecule has 1 aromatic heterocycles. The molecule has 0 bridgehead atoms. The minimum Gasteiger partial charge on any atom is -0.338 e. The molecule has 0 spiro atoms. The highest BCUT2D eigenvalue weighted by Crippen LogP contribution is 2.18. The second kappa shape index (κ2) is 6.70. The van der Waals surface area contributed by atoms with Gasteiger partial charge in [0.05, 0.1) is 0 Å². The predicted molar refractivity (Wildman–Crippen MR) is 83.5 cm³/mol. The summed E-state index contributed by atoms with van der Waals surface area (Å²) in [7, 11) is 0. The maximum absolute atomic E-state index is 12.4. The number of amides is 1. The number of aromatic nitrogens is 3. The van der Waals surface area contributed by atoms with Crippen LogP contribution >= 0.6 is 0 Å². The predicted octanol–water partition coefficient (Wildman–Crippen LogP) is 1.15. The van der Waals surface area contributed by atoms with Crippen molar-refractivity contribution in [2.75, 3.05) is 13.1 Å². The van der Waals surface area contributed by atoms with Gasteiger partial charge in [0.1, 0.15) is 12.2 Å². The van der Waals surface area contributed by atoms with Crippen LogP contribution in [0.2, 0.25) is 0 Å². The first-order chi connectivity index (χ1) is 10.8. The van der Waals surface area contributed by atoms with Gasteiger partial charge in [0.25, 0.3) is 0 Å². The zero-order valence-electron chi connectivity index (χ0n) is 12.6. The van der Waals surface area contributed by atoms with Crippen LogP contribution in [-0.2, 0) is 11.2 Å². The molecule has 1 aromatic carbocycles. The molecule has 22 heavy (non-hydrogen) atoms. The minimum absolute atomic E-state index is 0.163. The molecular weight excluding hydrogens is 278 g/mol. The third-order valence-corrected chi connectivity index (χ3v) is 4.18. The minimum atomic E-state index is 0.163. The van der Waals surface area contributed by atoms with Crippen LogP contribution in [-0.4, -0.2) is 44.7 Å². The van der Waals surface area contributed by atoms with Gasteiger partial charge in [-0.2, -0.15) is 0 Å². The number of carbonyl (C=O) groups excluding carboxylic acids is 1. The average molecular weight is 299 g/mol. The highest BCUT2D eigenvalue weighted by molar-refractivity contribution is 5.77. The highest BCUT2D eigenvalue weighted by atomic mass is 16.2. The Kier molecular flexibility index (Phi) is 4.48. The molecule has 0 saturated carbocycles. The van der Waals surface area contributed by atoms with E-state index >= 15 is 0 Å². The van der Waals surface area contributed by atoms with E-state index in [-0.39, 0.29) is 11.9 Å². The number of benzene rings is 1. The van der Waals surface area contributed by atoms with Crippen molar-refractivity contribution in [3.8, 4) is 5.69 Å². The van der Waals surface area contributed by atoms with Crippen LogP contribution in [0.5, 0.6) is 0 Å². The largest absolute Gasteiger partial charge is 0.338 e.